The molecule has 1 aromatic rings. The zero-order valence-electron chi connectivity index (χ0n) is 17.4. The van der Waals surface area contributed by atoms with Crippen molar-refractivity contribution in [3.05, 3.63) is 29.8 Å². The van der Waals surface area contributed by atoms with Crippen LogP contribution in [0.1, 0.15) is 107 Å². The lowest BCUT2D eigenvalue weighted by molar-refractivity contribution is -0.137. The van der Waals surface area contributed by atoms with E-state index in [9.17, 15) is 9.59 Å². The SMILES string of the molecule is CCCCCCCCCCCCCCCC(=O)O.O=C(O)c1ccccc1O. The zero-order chi connectivity index (χ0) is 21.0. The molecule has 1 aromatic carbocycles. The summed E-state index contributed by atoms with van der Waals surface area (Å²) >= 11 is 0. The Labute approximate surface area is 169 Å². The molecule has 0 saturated carbocycles. The van der Waals surface area contributed by atoms with Crippen molar-refractivity contribution in [2.24, 2.45) is 0 Å². The van der Waals surface area contributed by atoms with Crippen LogP contribution in [-0.4, -0.2) is 27.3 Å². The Morgan fingerprint density at radius 3 is 1.50 bits per heavy atom. The molecule has 160 valence electrons. The Bertz CT molecular complexity index is 527. The van der Waals surface area contributed by atoms with Gasteiger partial charge >= 0.3 is 11.9 Å². The van der Waals surface area contributed by atoms with Crippen LogP contribution in [0.25, 0.3) is 0 Å². The number of para-hydroxylation sites is 1. The van der Waals surface area contributed by atoms with E-state index in [0.29, 0.717) is 6.42 Å². The molecule has 5 heteroatoms. The summed E-state index contributed by atoms with van der Waals surface area (Å²) in [6.45, 7) is 2.26. The minimum atomic E-state index is -1.11. The number of hydrogen-bond donors (Lipinski definition) is 3. The van der Waals surface area contributed by atoms with Gasteiger partial charge in [0.05, 0.1) is 0 Å². The summed E-state index contributed by atoms with van der Waals surface area (Å²) < 4.78 is 0. The molecule has 0 unspecified atom stereocenters. The molecule has 0 radical (unpaired) electrons. The van der Waals surface area contributed by atoms with Crippen LogP contribution in [0.2, 0.25) is 0 Å². The number of carboxylic acids is 2. The third-order valence-electron chi connectivity index (χ3n) is 4.63. The third-order valence-corrected chi connectivity index (χ3v) is 4.63. The monoisotopic (exact) mass is 394 g/mol. The fourth-order valence-electron chi connectivity index (χ4n) is 2.95. The summed E-state index contributed by atoms with van der Waals surface area (Å²) in [6, 6.07) is 5.81. The molecule has 0 heterocycles. The Morgan fingerprint density at radius 1 is 0.714 bits per heavy atom. The first kappa shape index (κ1) is 26.0. The quantitative estimate of drug-likeness (QED) is 0.290. The third kappa shape index (κ3) is 16.2. The average Bonchev–Trinajstić information content (AvgIpc) is 2.66. The van der Waals surface area contributed by atoms with E-state index < -0.39 is 11.9 Å². The van der Waals surface area contributed by atoms with Gasteiger partial charge in [0, 0.05) is 6.42 Å². The van der Waals surface area contributed by atoms with Gasteiger partial charge in [-0.15, -0.1) is 0 Å². The number of unbranched alkanes of at least 4 members (excludes halogenated alkanes) is 12. The van der Waals surface area contributed by atoms with Crippen molar-refractivity contribution in [2.45, 2.75) is 96.8 Å². The van der Waals surface area contributed by atoms with Gasteiger partial charge in [0.15, 0.2) is 0 Å². The summed E-state index contributed by atoms with van der Waals surface area (Å²) in [4.78, 5) is 20.6. The Hall–Kier alpha value is -2.04. The molecule has 0 aliphatic heterocycles. The summed E-state index contributed by atoms with van der Waals surface area (Å²) in [6.07, 6.45) is 17.3. The van der Waals surface area contributed by atoms with Crippen LogP contribution in [0.5, 0.6) is 5.75 Å². The van der Waals surface area contributed by atoms with Crippen molar-refractivity contribution < 1.29 is 24.9 Å². The standard InChI is InChI=1S/C16H32O2.C7H6O3/c1-2-3-4-5-6-7-8-9-10-11-12-13-14-15-16(17)18;8-6-4-2-1-3-5(6)7(9)10/h2-15H2,1H3,(H,17,18);1-4,8H,(H,9,10). The predicted octanol–water partition coefficient (Wildman–Crippen LogP) is 6.64. The predicted molar refractivity (Wildman–Crippen MR) is 113 cm³/mol. The van der Waals surface area contributed by atoms with Crippen molar-refractivity contribution in [3.63, 3.8) is 0 Å². The highest BCUT2D eigenvalue weighted by Gasteiger charge is 2.05. The lowest BCUT2D eigenvalue weighted by Gasteiger charge is -2.02. The van der Waals surface area contributed by atoms with E-state index in [1.165, 1.54) is 82.8 Å². The van der Waals surface area contributed by atoms with Crippen LogP contribution in [0.15, 0.2) is 24.3 Å². The highest BCUT2D eigenvalue weighted by Crippen LogP contribution is 2.14. The molecule has 0 aliphatic carbocycles. The van der Waals surface area contributed by atoms with E-state index in [4.69, 9.17) is 15.3 Å². The van der Waals surface area contributed by atoms with Gasteiger partial charge in [0.2, 0.25) is 0 Å². The number of aromatic hydroxyl groups is 1. The van der Waals surface area contributed by atoms with Crippen molar-refractivity contribution >= 4 is 11.9 Å². The number of aliphatic carboxylic acids is 1. The fourth-order valence-corrected chi connectivity index (χ4v) is 2.95. The summed E-state index contributed by atoms with van der Waals surface area (Å²) in [5.74, 6) is -1.97. The van der Waals surface area contributed by atoms with Crippen LogP contribution in [0.3, 0.4) is 0 Å². The highest BCUT2D eigenvalue weighted by molar-refractivity contribution is 5.90. The summed E-state index contributed by atoms with van der Waals surface area (Å²) in [5.41, 5.74) is -0.0671. The molecule has 0 aliphatic rings. The first-order valence-electron chi connectivity index (χ1n) is 10.7. The number of phenols is 1. The van der Waals surface area contributed by atoms with Gasteiger partial charge in [-0.1, -0.05) is 96.1 Å². The number of benzene rings is 1. The second-order valence-corrected chi connectivity index (χ2v) is 7.21. The summed E-state index contributed by atoms with van der Waals surface area (Å²) in [7, 11) is 0. The number of hydrogen-bond acceptors (Lipinski definition) is 3. The van der Waals surface area contributed by atoms with Gasteiger partial charge in [-0.25, -0.2) is 4.79 Å². The highest BCUT2D eigenvalue weighted by atomic mass is 16.4. The van der Waals surface area contributed by atoms with Crippen LogP contribution in [0, 0.1) is 0 Å². The second kappa shape index (κ2) is 18.3. The van der Waals surface area contributed by atoms with Gasteiger partial charge in [0.1, 0.15) is 11.3 Å². The van der Waals surface area contributed by atoms with E-state index >= 15 is 0 Å². The van der Waals surface area contributed by atoms with E-state index in [-0.39, 0.29) is 11.3 Å². The Morgan fingerprint density at radius 2 is 1.14 bits per heavy atom. The molecule has 0 saturated heterocycles. The number of aromatic carboxylic acids is 1. The lowest BCUT2D eigenvalue weighted by Crippen LogP contribution is -1.95. The molecular weight excluding hydrogens is 356 g/mol. The molecule has 0 spiro atoms. The van der Waals surface area contributed by atoms with E-state index in [1.54, 1.807) is 12.1 Å². The second-order valence-electron chi connectivity index (χ2n) is 7.21. The average molecular weight is 395 g/mol. The molecule has 0 amide bonds. The van der Waals surface area contributed by atoms with Gasteiger partial charge < -0.3 is 15.3 Å². The van der Waals surface area contributed by atoms with Crippen molar-refractivity contribution in [1.29, 1.82) is 0 Å². The fraction of sp³-hybridized carbons (Fsp3) is 0.652. The largest absolute Gasteiger partial charge is 0.507 e. The van der Waals surface area contributed by atoms with Gasteiger partial charge in [0.25, 0.3) is 0 Å². The maximum absolute atomic E-state index is 10.3. The van der Waals surface area contributed by atoms with Crippen LogP contribution >= 0.6 is 0 Å². The smallest absolute Gasteiger partial charge is 0.339 e. The Kier molecular flexibility index (Phi) is 17.0. The van der Waals surface area contributed by atoms with Gasteiger partial charge in [-0.3, -0.25) is 4.79 Å². The minimum Gasteiger partial charge on any atom is -0.507 e. The topological polar surface area (TPSA) is 94.8 Å². The van der Waals surface area contributed by atoms with Gasteiger partial charge in [-0.05, 0) is 18.6 Å². The van der Waals surface area contributed by atoms with Crippen LogP contribution < -0.4 is 0 Å². The molecule has 0 aromatic heterocycles. The maximum atomic E-state index is 10.3. The van der Waals surface area contributed by atoms with Crippen molar-refractivity contribution in [2.75, 3.05) is 0 Å². The van der Waals surface area contributed by atoms with Gasteiger partial charge in [-0.2, -0.15) is 0 Å². The maximum Gasteiger partial charge on any atom is 0.339 e. The molecular formula is C23H38O5. The molecule has 3 N–H and O–H groups in total. The Balaban J connectivity index is 0.000000609. The lowest BCUT2D eigenvalue weighted by atomic mass is 10.0. The minimum absolute atomic E-state index is 0.0671. The molecule has 0 bridgehead atoms. The molecule has 1 rings (SSSR count). The zero-order valence-corrected chi connectivity index (χ0v) is 17.4. The first-order valence-corrected chi connectivity index (χ1v) is 10.7. The number of rotatable bonds is 15. The number of carboxylic acid groups (broad SMARTS) is 2. The number of carbonyl (C=O) groups is 2. The first-order chi connectivity index (χ1) is 13.5. The molecule has 28 heavy (non-hydrogen) atoms. The molecule has 0 fully saturated rings. The van der Waals surface area contributed by atoms with E-state index in [0.717, 1.165) is 12.8 Å². The molecule has 5 nitrogen and oxygen atoms in total. The van der Waals surface area contributed by atoms with E-state index in [2.05, 4.69) is 6.92 Å². The normalized spacial score (nSPS) is 10.2. The van der Waals surface area contributed by atoms with Crippen LogP contribution in [0.4, 0.5) is 0 Å². The van der Waals surface area contributed by atoms with E-state index in [1.807, 2.05) is 0 Å². The van der Waals surface area contributed by atoms with Crippen LogP contribution in [-0.2, 0) is 4.79 Å². The summed E-state index contributed by atoms with van der Waals surface area (Å²) in [5, 5.41) is 25.8. The van der Waals surface area contributed by atoms with Crippen molar-refractivity contribution in [3.8, 4) is 5.75 Å². The van der Waals surface area contributed by atoms with Crippen molar-refractivity contribution in [1.82, 2.24) is 0 Å². The molecule has 0 atom stereocenters.